The molecule has 5 heteroatoms. The summed E-state index contributed by atoms with van der Waals surface area (Å²) in [6.45, 7) is 0. The molecule has 1 heterocycles. The Kier molecular flexibility index (Phi) is 3.33. The predicted octanol–water partition coefficient (Wildman–Crippen LogP) is 3.58. The van der Waals surface area contributed by atoms with Crippen molar-refractivity contribution in [2.45, 2.75) is 25.2 Å². The zero-order valence-electron chi connectivity index (χ0n) is 12.5. The van der Waals surface area contributed by atoms with E-state index in [1.54, 1.807) is 28.9 Å². The lowest BCUT2D eigenvalue weighted by Gasteiger charge is -2.06. The highest BCUT2D eigenvalue weighted by atomic mass is 19.1. The predicted molar refractivity (Wildman–Crippen MR) is 84.2 cm³/mol. The summed E-state index contributed by atoms with van der Waals surface area (Å²) in [7, 11) is 0. The molecule has 0 unspecified atom stereocenters. The first-order valence-electron chi connectivity index (χ1n) is 7.69. The molecule has 2 aromatic carbocycles. The minimum Gasteiger partial charge on any atom is -0.508 e. The number of nitrogens with zero attached hydrogens (tertiary/aromatic N) is 3. The molecule has 4 rings (SSSR count). The maximum atomic E-state index is 13.2. The van der Waals surface area contributed by atoms with Crippen LogP contribution in [0.5, 0.6) is 5.75 Å². The first-order chi connectivity index (χ1) is 11.2. The zero-order valence-corrected chi connectivity index (χ0v) is 12.5. The van der Waals surface area contributed by atoms with Crippen LogP contribution in [0.3, 0.4) is 0 Å². The first kappa shape index (κ1) is 13.9. The number of aromatic nitrogens is 3. The summed E-state index contributed by atoms with van der Waals surface area (Å²) in [4.78, 5) is 4.67. The molecule has 1 fully saturated rings. The van der Waals surface area contributed by atoms with E-state index in [0.717, 1.165) is 35.7 Å². The van der Waals surface area contributed by atoms with Crippen molar-refractivity contribution in [2.24, 2.45) is 0 Å². The van der Waals surface area contributed by atoms with Crippen molar-refractivity contribution in [1.29, 1.82) is 0 Å². The van der Waals surface area contributed by atoms with Crippen LogP contribution in [0.4, 0.5) is 4.39 Å². The number of halogens is 1. The lowest BCUT2D eigenvalue weighted by molar-refractivity contribution is 0.474. The molecular weight excluding hydrogens is 293 g/mol. The molecule has 0 atom stereocenters. The van der Waals surface area contributed by atoms with Gasteiger partial charge in [-0.1, -0.05) is 12.1 Å². The van der Waals surface area contributed by atoms with Gasteiger partial charge in [-0.3, -0.25) is 0 Å². The molecule has 1 saturated carbocycles. The van der Waals surface area contributed by atoms with E-state index in [-0.39, 0.29) is 11.6 Å². The number of benzene rings is 2. The average molecular weight is 309 g/mol. The molecule has 0 spiro atoms. The summed E-state index contributed by atoms with van der Waals surface area (Å²) < 4.78 is 14.9. The largest absolute Gasteiger partial charge is 0.508 e. The van der Waals surface area contributed by atoms with Crippen molar-refractivity contribution >= 4 is 0 Å². The maximum absolute atomic E-state index is 13.2. The van der Waals surface area contributed by atoms with E-state index in [2.05, 4.69) is 10.1 Å². The zero-order chi connectivity index (χ0) is 15.8. The standard InChI is InChI=1S/C18H16FN3O/c19-14-6-8-15(9-7-14)22-17(20-18(21-22)13-4-5-13)11-12-2-1-3-16(23)10-12/h1-3,6-10,13,23H,4-5,11H2. The number of phenolic OH excluding ortho intramolecular Hbond substituents is 1. The van der Waals surface area contributed by atoms with Crippen LogP contribution in [-0.4, -0.2) is 19.9 Å². The molecule has 0 saturated heterocycles. The van der Waals surface area contributed by atoms with Crippen LogP contribution >= 0.6 is 0 Å². The lowest BCUT2D eigenvalue weighted by atomic mass is 10.1. The highest BCUT2D eigenvalue weighted by Gasteiger charge is 2.29. The summed E-state index contributed by atoms with van der Waals surface area (Å²) in [5.41, 5.74) is 1.75. The second-order valence-corrected chi connectivity index (χ2v) is 5.90. The molecule has 1 aliphatic rings. The summed E-state index contributed by atoms with van der Waals surface area (Å²) >= 11 is 0. The second-order valence-electron chi connectivity index (χ2n) is 5.90. The van der Waals surface area contributed by atoms with Crippen LogP contribution in [0.1, 0.15) is 36.0 Å². The van der Waals surface area contributed by atoms with Gasteiger partial charge in [-0.25, -0.2) is 14.1 Å². The maximum Gasteiger partial charge on any atom is 0.154 e. The molecule has 4 nitrogen and oxygen atoms in total. The topological polar surface area (TPSA) is 50.9 Å². The van der Waals surface area contributed by atoms with Crippen molar-refractivity contribution < 1.29 is 9.50 Å². The highest BCUT2D eigenvalue weighted by molar-refractivity contribution is 5.35. The summed E-state index contributed by atoms with van der Waals surface area (Å²) in [5, 5.41) is 14.2. The van der Waals surface area contributed by atoms with Gasteiger partial charge in [0.1, 0.15) is 17.4 Å². The van der Waals surface area contributed by atoms with E-state index in [0.29, 0.717) is 12.3 Å². The van der Waals surface area contributed by atoms with Gasteiger partial charge in [-0.15, -0.1) is 0 Å². The van der Waals surface area contributed by atoms with Crippen LogP contribution in [0.2, 0.25) is 0 Å². The number of phenols is 1. The van der Waals surface area contributed by atoms with Crippen molar-refractivity contribution in [3.05, 3.63) is 71.6 Å². The number of rotatable bonds is 4. The Morgan fingerprint density at radius 3 is 2.61 bits per heavy atom. The third-order valence-electron chi connectivity index (χ3n) is 3.98. The Hall–Kier alpha value is -2.69. The van der Waals surface area contributed by atoms with Gasteiger partial charge in [0.05, 0.1) is 5.69 Å². The van der Waals surface area contributed by atoms with Gasteiger partial charge < -0.3 is 5.11 Å². The normalized spacial score (nSPS) is 14.1. The Morgan fingerprint density at radius 1 is 1.13 bits per heavy atom. The van der Waals surface area contributed by atoms with Gasteiger partial charge in [-0.05, 0) is 54.8 Å². The number of hydrogen-bond donors (Lipinski definition) is 1. The Bertz CT molecular complexity index is 838. The van der Waals surface area contributed by atoms with Gasteiger partial charge in [0.25, 0.3) is 0 Å². The minimum absolute atomic E-state index is 0.234. The van der Waals surface area contributed by atoms with E-state index >= 15 is 0 Å². The Labute approximate surface area is 133 Å². The fourth-order valence-electron chi connectivity index (χ4n) is 2.63. The van der Waals surface area contributed by atoms with E-state index < -0.39 is 0 Å². The lowest BCUT2D eigenvalue weighted by Crippen LogP contribution is -2.04. The SMILES string of the molecule is Oc1cccc(Cc2nc(C3CC3)nn2-c2ccc(F)cc2)c1. The minimum atomic E-state index is -0.272. The quantitative estimate of drug-likeness (QED) is 0.801. The second kappa shape index (κ2) is 5.50. The average Bonchev–Trinajstić information content (AvgIpc) is 3.30. The summed E-state index contributed by atoms with van der Waals surface area (Å²) in [6.07, 6.45) is 2.81. The molecular formula is C18H16FN3O. The molecule has 1 aliphatic carbocycles. The third-order valence-corrected chi connectivity index (χ3v) is 3.98. The molecule has 0 radical (unpaired) electrons. The van der Waals surface area contributed by atoms with Gasteiger partial charge >= 0.3 is 0 Å². The van der Waals surface area contributed by atoms with Gasteiger partial charge in [0.15, 0.2) is 5.82 Å². The fourth-order valence-corrected chi connectivity index (χ4v) is 2.63. The Balaban J connectivity index is 1.73. The molecule has 0 bridgehead atoms. The molecule has 116 valence electrons. The van der Waals surface area contributed by atoms with Crippen LogP contribution < -0.4 is 0 Å². The van der Waals surface area contributed by atoms with Crippen LogP contribution in [-0.2, 0) is 6.42 Å². The monoisotopic (exact) mass is 309 g/mol. The molecule has 1 aromatic heterocycles. The van der Waals surface area contributed by atoms with E-state index in [1.165, 1.54) is 12.1 Å². The molecule has 0 aliphatic heterocycles. The van der Waals surface area contributed by atoms with Crippen LogP contribution in [0.25, 0.3) is 5.69 Å². The van der Waals surface area contributed by atoms with Gasteiger partial charge in [0.2, 0.25) is 0 Å². The van der Waals surface area contributed by atoms with Crippen LogP contribution in [0, 0.1) is 5.82 Å². The molecule has 23 heavy (non-hydrogen) atoms. The summed E-state index contributed by atoms with van der Waals surface area (Å²) in [5.74, 6) is 2.05. The number of hydrogen-bond acceptors (Lipinski definition) is 3. The Morgan fingerprint density at radius 2 is 1.91 bits per heavy atom. The van der Waals surface area contributed by atoms with E-state index in [1.807, 2.05) is 12.1 Å². The molecule has 0 amide bonds. The molecule has 3 aromatic rings. The van der Waals surface area contributed by atoms with Crippen molar-refractivity contribution in [3.63, 3.8) is 0 Å². The van der Waals surface area contributed by atoms with Gasteiger partial charge in [-0.2, -0.15) is 5.10 Å². The van der Waals surface area contributed by atoms with E-state index in [9.17, 15) is 9.50 Å². The van der Waals surface area contributed by atoms with Crippen molar-refractivity contribution in [1.82, 2.24) is 14.8 Å². The van der Waals surface area contributed by atoms with Gasteiger partial charge in [0, 0.05) is 12.3 Å². The van der Waals surface area contributed by atoms with Crippen LogP contribution in [0.15, 0.2) is 48.5 Å². The van der Waals surface area contributed by atoms with Crippen molar-refractivity contribution in [3.8, 4) is 11.4 Å². The third kappa shape index (κ3) is 2.95. The number of aromatic hydroxyl groups is 1. The fraction of sp³-hybridized carbons (Fsp3) is 0.222. The van der Waals surface area contributed by atoms with E-state index in [4.69, 9.17) is 0 Å². The van der Waals surface area contributed by atoms with Crippen molar-refractivity contribution in [2.75, 3.05) is 0 Å². The smallest absolute Gasteiger partial charge is 0.154 e. The molecule has 1 N–H and O–H groups in total. The summed E-state index contributed by atoms with van der Waals surface area (Å²) in [6, 6.07) is 13.4. The first-order valence-corrected chi connectivity index (χ1v) is 7.69. The highest BCUT2D eigenvalue weighted by Crippen LogP contribution is 2.38.